The number of amides is 2. The molecule has 1 fully saturated rings. The molecule has 266 valence electrons. The first kappa shape index (κ1) is 37.3. The van der Waals surface area contributed by atoms with Gasteiger partial charge in [-0.1, -0.05) is 81.4 Å². The number of benzene rings is 3. The van der Waals surface area contributed by atoms with Crippen LogP contribution in [0.5, 0.6) is 5.75 Å². The van der Waals surface area contributed by atoms with Crippen molar-refractivity contribution >= 4 is 63.5 Å². The van der Waals surface area contributed by atoms with E-state index in [1.807, 2.05) is 32.9 Å². The fourth-order valence-electron chi connectivity index (χ4n) is 6.59. The highest BCUT2D eigenvalue weighted by Gasteiger charge is 2.50. The summed E-state index contributed by atoms with van der Waals surface area (Å²) in [4.78, 5) is 37.6. The molecule has 1 aliphatic heterocycles. The highest BCUT2D eigenvalue weighted by atomic mass is 79.9. The highest BCUT2D eigenvalue weighted by molar-refractivity contribution is 9.10. The predicted molar refractivity (Wildman–Crippen MR) is 203 cm³/mol. The van der Waals surface area contributed by atoms with Crippen molar-refractivity contribution in [2.24, 2.45) is 0 Å². The van der Waals surface area contributed by atoms with E-state index in [1.54, 1.807) is 18.3 Å². The fourth-order valence-corrected chi connectivity index (χ4v) is 11.5. The number of carbonyl (C=O) groups excluding carboxylic acids is 2. The van der Waals surface area contributed by atoms with Gasteiger partial charge in [0.05, 0.1) is 16.2 Å². The molecule has 1 aliphatic rings. The molecule has 2 heterocycles. The van der Waals surface area contributed by atoms with E-state index in [2.05, 4.69) is 106 Å². The molecule has 3 aromatic carbocycles. The SMILES string of the molecule is CC(C)(C)OC(=O)N1CC[C@H](Nc2cnc3ccc(Br)c(O)c3n2)C[C@H]1C(=O)NCCCO[Si](c1ccccc1)(c1ccccc1)C(C)(C)C. The molecule has 0 saturated carbocycles. The number of carbonyl (C=O) groups is 2. The van der Waals surface area contributed by atoms with Crippen molar-refractivity contribution in [3.8, 4) is 5.75 Å². The average Bonchev–Trinajstić information content (AvgIpc) is 3.07. The van der Waals surface area contributed by atoms with E-state index in [0.29, 0.717) is 60.3 Å². The smallest absolute Gasteiger partial charge is 0.410 e. The van der Waals surface area contributed by atoms with Gasteiger partial charge >= 0.3 is 6.09 Å². The third kappa shape index (κ3) is 8.47. The van der Waals surface area contributed by atoms with Crippen molar-refractivity contribution in [1.29, 1.82) is 0 Å². The van der Waals surface area contributed by atoms with E-state index in [-0.39, 0.29) is 22.7 Å². The van der Waals surface area contributed by atoms with Crippen molar-refractivity contribution in [1.82, 2.24) is 20.2 Å². The summed E-state index contributed by atoms with van der Waals surface area (Å²) < 4.78 is 13.2. The Morgan fingerprint density at radius 2 is 1.62 bits per heavy atom. The van der Waals surface area contributed by atoms with E-state index in [9.17, 15) is 14.7 Å². The molecule has 3 N–H and O–H groups in total. The molecule has 2 atom stereocenters. The van der Waals surface area contributed by atoms with Crippen molar-refractivity contribution in [2.75, 3.05) is 25.0 Å². The van der Waals surface area contributed by atoms with Crippen LogP contribution in [0.4, 0.5) is 10.6 Å². The summed E-state index contributed by atoms with van der Waals surface area (Å²) in [5.74, 6) is 0.231. The van der Waals surface area contributed by atoms with Crippen LogP contribution in [0.25, 0.3) is 11.0 Å². The number of hydrogen-bond acceptors (Lipinski definition) is 8. The van der Waals surface area contributed by atoms with Crippen LogP contribution in [0.1, 0.15) is 60.8 Å². The maximum Gasteiger partial charge on any atom is 0.410 e. The third-order valence-corrected chi connectivity index (χ3v) is 14.6. The van der Waals surface area contributed by atoms with Crippen LogP contribution in [0.15, 0.2) is 83.5 Å². The second kappa shape index (κ2) is 15.5. The quantitative estimate of drug-likeness (QED) is 0.126. The molecule has 0 unspecified atom stereocenters. The molecular formula is C38H48BrN5O5Si. The van der Waals surface area contributed by atoms with Crippen LogP contribution in [0.3, 0.4) is 0 Å². The third-order valence-electron chi connectivity index (χ3n) is 8.88. The zero-order valence-electron chi connectivity index (χ0n) is 29.7. The Labute approximate surface area is 304 Å². The predicted octanol–water partition coefficient (Wildman–Crippen LogP) is 6.36. The van der Waals surface area contributed by atoms with E-state index < -0.39 is 26.1 Å². The molecule has 0 bridgehead atoms. The summed E-state index contributed by atoms with van der Waals surface area (Å²) in [5.41, 5.74) is 0.222. The number of aromatic hydroxyl groups is 1. The normalized spacial score (nSPS) is 17.0. The summed E-state index contributed by atoms with van der Waals surface area (Å²) in [6.45, 7) is 13.3. The second-order valence-electron chi connectivity index (χ2n) is 14.7. The largest absolute Gasteiger partial charge is 0.504 e. The Balaban J connectivity index is 1.28. The lowest BCUT2D eigenvalue weighted by atomic mass is 9.96. The van der Waals surface area contributed by atoms with E-state index in [1.165, 1.54) is 15.3 Å². The molecular weight excluding hydrogens is 714 g/mol. The van der Waals surface area contributed by atoms with E-state index >= 15 is 0 Å². The number of aromatic nitrogens is 2. The molecule has 4 aromatic rings. The molecule has 0 radical (unpaired) electrons. The van der Waals surface area contributed by atoms with Gasteiger partial charge in [-0.3, -0.25) is 14.7 Å². The van der Waals surface area contributed by atoms with Gasteiger partial charge in [-0.25, -0.2) is 9.78 Å². The van der Waals surface area contributed by atoms with Crippen molar-refractivity contribution in [2.45, 2.75) is 83.5 Å². The number of ether oxygens (including phenoxy) is 1. The molecule has 5 rings (SSSR count). The lowest BCUT2D eigenvalue weighted by Crippen LogP contribution is -2.66. The van der Waals surface area contributed by atoms with Crippen LogP contribution in [0.2, 0.25) is 5.04 Å². The van der Waals surface area contributed by atoms with Crippen LogP contribution in [-0.4, -0.2) is 77.7 Å². The lowest BCUT2D eigenvalue weighted by Gasteiger charge is -2.43. The number of rotatable bonds is 10. The van der Waals surface area contributed by atoms with Gasteiger partial charge in [0.15, 0.2) is 5.75 Å². The van der Waals surface area contributed by atoms with Crippen LogP contribution in [0, 0.1) is 0 Å². The average molecular weight is 763 g/mol. The van der Waals surface area contributed by atoms with Crippen LogP contribution < -0.4 is 21.0 Å². The number of fused-ring (bicyclic) bond motifs is 1. The number of phenolic OH excluding ortho intramolecular Hbond substituents is 1. The summed E-state index contributed by atoms with van der Waals surface area (Å²) in [5, 5.41) is 19.2. The monoisotopic (exact) mass is 761 g/mol. The van der Waals surface area contributed by atoms with Crippen molar-refractivity contribution in [3.63, 3.8) is 0 Å². The number of halogens is 1. The Bertz CT molecular complexity index is 1740. The maximum atomic E-state index is 13.8. The lowest BCUT2D eigenvalue weighted by molar-refractivity contribution is -0.127. The zero-order chi connectivity index (χ0) is 36.1. The van der Waals surface area contributed by atoms with E-state index in [0.717, 1.165) is 0 Å². The summed E-state index contributed by atoms with van der Waals surface area (Å²) in [6.07, 6.45) is 2.60. The minimum Gasteiger partial charge on any atom is -0.504 e. The molecule has 50 heavy (non-hydrogen) atoms. The number of phenols is 1. The van der Waals surface area contributed by atoms with Gasteiger partial charge in [-0.05, 0) is 83.5 Å². The first-order valence-corrected chi connectivity index (χ1v) is 19.8. The maximum absolute atomic E-state index is 13.8. The first-order valence-electron chi connectivity index (χ1n) is 17.1. The van der Waals surface area contributed by atoms with Crippen molar-refractivity contribution < 1.29 is 23.9 Å². The molecule has 10 nitrogen and oxygen atoms in total. The standard InChI is InChI=1S/C38H48BrN5O5Si/c1-37(2,3)49-36(47)44-22-20-26(42-32-25-41-30-19-18-29(39)34(45)33(30)43-32)24-31(44)35(46)40-21-13-23-48-50(38(4,5)6,27-14-9-7-10-15-27)28-16-11-8-12-17-28/h7-12,14-19,25-26,31,45H,13,20-24H2,1-6H3,(H,40,46)(H,42,43)/t26-,31-/m0/s1. The highest BCUT2D eigenvalue weighted by Crippen LogP contribution is 2.37. The molecule has 0 spiro atoms. The Kier molecular flexibility index (Phi) is 11.5. The Morgan fingerprint density at radius 3 is 2.22 bits per heavy atom. The van der Waals surface area contributed by atoms with E-state index in [4.69, 9.17) is 9.16 Å². The Morgan fingerprint density at radius 1 is 0.980 bits per heavy atom. The van der Waals surface area contributed by atoms with Gasteiger partial charge < -0.3 is 24.9 Å². The summed E-state index contributed by atoms with van der Waals surface area (Å²) in [7, 11) is -2.70. The molecule has 1 aromatic heterocycles. The minimum absolute atomic E-state index is 0.00886. The number of hydrogen-bond donors (Lipinski definition) is 3. The molecule has 12 heteroatoms. The topological polar surface area (TPSA) is 126 Å². The summed E-state index contributed by atoms with van der Waals surface area (Å²) in [6, 6.07) is 23.5. The van der Waals surface area contributed by atoms with Gasteiger partial charge in [0.1, 0.15) is 23.0 Å². The number of likely N-dealkylation sites (tertiary alicyclic amines) is 1. The van der Waals surface area contributed by atoms with Gasteiger partial charge in [-0.2, -0.15) is 0 Å². The van der Waals surface area contributed by atoms with Crippen molar-refractivity contribution in [3.05, 3.63) is 83.5 Å². The van der Waals surface area contributed by atoms with Gasteiger partial charge in [-0.15, -0.1) is 0 Å². The number of anilines is 1. The minimum atomic E-state index is -2.70. The zero-order valence-corrected chi connectivity index (χ0v) is 32.3. The molecule has 1 saturated heterocycles. The number of piperidine rings is 1. The Hall–Kier alpha value is -4.00. The van der Waals surface area contributed by atoms with Gasteiger partial charge in [0.25, 0.3) is 8.32 Å². The second-order valence-corrected chi connectivity index (χ2v) is 19.9. The summed E-state index contributed by atoms with van der Waals surface area (Å²) >= 11 is 3.34. The molecule has 0 aliphatic carbocycles. The van der Waals surface area contributed by atoms with Gasteiger partial charge in [0.2, 0.25) is 5.91 Å². The number of nitrogens with one attached hydrogen (secondary N) is 2. The first-order chi connectivity index (χ1) is 23.7. The van der Waals surface area contributed by atoms with Gasteiger partial charge in [0, 0.05) is 25.7 Å². The fraction of sp³-hybridized carbons (Fsp3) is 0.421. The molecule has 2 amide bonds. The van der Waals surface area contributed by atoms with Crippen LogP contribution >= 0.6 is 15.9 Å². The van der Waals surface area contributed by atoms with Crippen LogP contribution in [-0.2, 0) is 14.0 Å². The number of nitrogens with zero attached hydrogens (tertiary/aromatic N) is 3.